The third-order valence-electron chi connectivity index (χ3n) is 1.72. The van der Waals surface area contributed by atoms with Gasteiger partial charge in [0.25, 0.3) is 0 Å². The van der Waals surface area contributed by atoms with Gasteiger partial charge in [-0.3, -0.25) is 0 Å². The Morgan fingerprint density at radius 1 is 1.24 bits per heavy atom. The topological polar surface area (TPSA) is 66.8 Å². The first kappa shape index (κ1) is 15.4. The molecule has 0 aliphatic carbocycles. The minimum absolute atomic E-state index is 0.281. The van der Waals surface area contributed by atoms with Crippen molar-refractivity contribution >= 4 is 6.16 Å². The molecule has 0 saturated heterocycles. The second kappa shape index (κ2) is 7.65. The highest BCUT2D eigenvalue weighted by atomic mass is 16.7. The van der Waals surface area contributed by atoms with Gasteiger partial charge in [-0.05, 0) is 12.1 Å². The molecule has 1 aromatic rings. The van der Waals surface area contributed by atoms with E-state index in [-0.39, 0.29) is 6.61 Å². The predicted molar refractivity (Wildman–Crippen MR) is 65.1 cm³/mol. The Labute approximate surface area is 101 Å². The number of aliphatic hydroxyl groups is 1. The molecular weight excluding hydrogens is 222 g/mol. The summed E-state index contributed by atoms with van der Waals surface area (Å²) in [5.41, 5.74) is 0. The van der Waals surface area contributed by atoms with Crippen molar-refractivity contribution in [2.24, 2.45) is 0 Å². The maximum absolute atomic E-state index is 9.95. The molecule has 0 spiro atoms. The van der Waals surface area contributed by atoms with Crippen LogP contribution < -0.4 is 4.74 Å². The standard InChI is InChI=1S/C7H6O3.C5H14NO/c8-7(9)10-6-4-2-1-3-5-6;1-6(2,3)4-5-7/h1-5H,(H,8,9);7H,4-5H2,1-3H3/q;+1. The molecule has 0 bridgehead atoms. The Bertz CT molecular complexity index is 319. The maximum atomic E-state index is 9.95. The van der Waals surface area contributed by atoms with Crippen LogP contribution in [0.3, 0.4) is 0 Å². The summed E-state index contributed by atoms with van der Waals surface area (Å²) < 4.78 is 5.17. The molecular formula is C12H20NO4+. The van der Waals surface area contributed by atoms with Gasteiger partial charge >= 0.3 is 6.16 Å². The fourth-order valence-electron chi connectivity index (χ4n) is 0.889. The molecule has 0 fully saturated rings. The van der Waals surface area contributed by atoms with Crippen molar-refractivity contribution in [1.82, 2.24) is 0 Å². The van der Waals surface area contributed by atoms with E-state index in [1.165, 1.54) is 0 Å². The van der Waals surface area contributed by atoms with Gasteiger partial charge in [-0.1, -0.05) is 18.2 Å². The monoisotopic (exact) mass is 242 g/mol. The molecule has 0 atom stereocenters. The van der Waals surface area contributed by atoms with E-state index in [0.717, 1.165) is 11.0 Å². The molecule has 0 aliphatic heterocycles. The van der Waals surface area contributed by atoms with Crippen LogP contribution in [0.25, 0.3) is 0 Å². The molecule has 0 amide bonds. The van der Waals surface area contributed by atoms with E-state index >= 15 is 0 Å². The average molecular weight is 242 g/mol. The Hall–Kier alpha value is -1.59. The summed E-state index contributed by atoms with van der Waals surface area (Å²) in [6.07, 6.45) is -1.29. The van der Waals surface area contributed by atoms with E-state index in [1.807, 2.05) is 0 Å². The first-order valence-electron chi connectivity index (χ1n) is 5.22. The molecule has 2 N–H and O–H groups in total. The second-order valence-corrected chi connectivity index (χ2v) is 4.42. The highest BCUT2D eigenvalue weighted by Crippen LogP contribution is 2.07. The van der Waals surface area contributed by atoms with Crippen LogP contribution in [-0.4, -0.2) is 55.1 Å². The molecule has 0 aromatic heterocycles. The third-order valence-corrected chi connectivity index (χ3v) is 1.72. The Kier molecular flexibility index (Phi) is 6.93. The van der Waals surface area contributed by atoms with Crippen molar-refractivity contribution < 1.29 is 24.2 Å². The molecule has 0 radical (unpaired) electrons. The number of likely N-dealkylation sites (N-methyl/N-ethyl adjacent to an activating group) is 1. The summed E-state index contributed by atoms with van der Waals surface area (Å²) >= 11 is 0. The Morgan fingerprint density at radius 3 is 2.06 bits per heavy atom. The molecule has 17 heavy (non-hydrogen) atoms. The van der Waals surface area contributed by atoms with Crippen LogP contribution in [0, 0.1) is 0 Å². The number of ether oxygens (including phenoxy) is 1. The van der Waals surface area contributed by atoms with Crippen molar-refractivity contribution in [2.45, 2.75) is 0 Å². The lowest BCUT2D eigenvalue weighted by Gasteiger charge is -2.21. The van der Waals surface area contributed by atoms with E-state index < -0.39 is 6.16 Å². The van der Waals surface area contributed by atoms with Crippen molar-refractivity contribution in [3.63, 3.8) is 0 Å². The largest absolute Gasteiger partial charge is 0.511 e. The quantitative estimate of drug-likeness (QED) is 0.478. The van der Waals surface area contributed by atoms with E-state index in [1.54, 1.807) is 30.3 Å². The Balaban J connectivity index is 0.000000325. The van der Waals surface area contributed by atoms with Crippen LogP contribution in [0.1, 0.15) is 0 Å². The van der Waals surface area contributed by atoms with Gasteiger partial charge in [-0.15, -0.1) is 0 Å². The van der Waals surface area contributed by atoms with Crippen LogP contribution in [0.4, 0.5) is 4.79 Å². The maximum Gasteiger partial charge on any atom is 0.511 e. The zero-order valence-electron chi connectivity index (χ0n) is 10.5. The first-order valence-corrected chi connectivity index (χ1v) is 5.22. The third kappa shape index (κ3) is 10.7. The van der Waals surface area contributed by atoms with Crippen LogP contribution in [0.15, 0.2) is 30.3 Å². The number of rotatable bonds is 3. The molecule has 1 rings (SSSR count). The first-order chi connectivity index (χ1) is 7.85. The Morgan fingerprint density at radius 2 is 1.76 bits per heavy atom. The molecule has 5 heteroatoms. The molecule has 96 valence electrons. The summed E-state index contributed by atoms with van der Waals surface area (Å²) in [6, 6.07) is 8.35. The van der Waals surface area contributed by atoms with E-state index in [2.05, 4.69) is 25.9 Å². The van der Waals surface area contributed by atoms with Gasteiger partial charge in [0.1, 0.15) is 12.3 Å². The highest BCUT2D eigenvalue weighted by Gasteiger charge is 2.02. The van der Waals surface area contributed by atoms with Crippen molar-refractivity contribution in [1.29, 1.82) is 0 Å². The highest BCUT2D eigenvalue weighted by molar-refractivity contribution is 5.60. The number of para-hydroxylation sites is 1. The lowest BCUT2D eigenvalue weighted by atomic mass is 10.3. The molecule has 0 unspecified atom stereocenters. The number of hydrogen-bond donors (Lipinski definition) is 2. The minimum atomic E-state index is -1.29. The van der Waals surface area contributed by atoms with Gasteiger partial charge in [0, 0.05) is 0 Å². The SMILES string of the molecule is C[N+](C)(C)CCO.O=C(O)Oc1ccccc1. The van der Waals surface area contributed by atoms with Crippen LogP contribution in [0.5, 0.6) is 5.75 Å². The summed E-state index contributed by atoms with van der Waals surface area (Å²) in [5, 5.41) is 16.5. The van der Waals surface area contributed by atoms with E-state index in [0.29, 0.717) is 5.75 Å². The number of quaternary nitrogens is 1. The zero-order valence-corrected chi connectivity index (χ0v) is 10.5. The summed E-state index contributed by atoms with van der Waals surface area (Å²) in [7, 11) is 6.16. The van der Waals surface area contributed by atoms with Crippen LogP contribution in [0.2, 0.25) is 0 Å². The van der Waals surface area contributed by atoms with Gasteiger partial charge in [0.2, 0.25) is 0 Å². The molecule has 1 aromatic carbocycles. The predicted octanol–water partition coefficient (Wildman–Crippen LogP) is 1.43. The van der Waals surface area contributed by atoms with Gasteiger partial charge in [-0.2, -0.15) is 0 Å². The summed E-state index contributed by atoms with van der Waals surface area (Å²) in [4.78, 5) is 9.95. The van der Waals surface area contributed by atoms with Crippen LogP contribution >= 0.6 is 0 Å². The minimum Gasteiger partial charge on any atom is -0.449 e. The second-order valence-electron chi connectivity index (χ2n) is 4.42. The number of carboxylic acid groups (broad SMARTS) is 1. The lowest BCUT2D eigenvalue weighted by molar-refractivity contribution is -0.870. The smallest absolute Gasteiger partial charge is 0.449 e. The average Bonchev–Trinajstić information content (AvgIpc) is 2.17. The number of carbonyl (C=O) groups is 1. The van der Waals surface area contributed by atoms with Crippen molar-refractivity contribution in [3.05, 3.63) is 30.3 Å². The van der Waals surface area contributed by atoms with Gasteiger partial charge < -0.3 is 19.4 Å². The summed E-state index contributed by atoms with van der Waals surface area (Å²) in [5.74, 6) is 0.343. The summed E-state index contributed by atoms with van der Waals surface area (Å²) in [6.45, 7) is 1.11. The number of benzene rings is 1. The van der Waals surface area contributed by atoms with Gasteiger partial charge in [-0.25, -0.2) is 4.79 Å². The molecule has 0 saturated carbocycles. The molecule has 0 heterocycles. The van der Waals surface area contributed by atoms with E-state index in [4.69, 9.17) is 10.2 Å². The fourth-order valence-corrected chi connectivity index (χ4v) is 0.889. The normalized spacial score (nSPS) is 10.1. The van der Waals surface area contributed by atoms with E-state index in [9.17, 15) is 4.79 Å². The molecule has 0 aliphatic rings. The number of hydrogen-bond acceptors (Lipinski definition) is 3. The number of nitrogens with zero attached hydrogens (tertiary/aromatic N) is 1. The molecule has 5 nitrogen and oxygen atoms in total. The van der Waals surface area contributed by atoms with Crippen molar-refractivity contribution in [2.75, 3.05) is 34.3 Å². The lowest BCUT2D eigenvalue weighted by Crippen LogP contribution is -2.36. The zero-order chi connectivity index (χ0) is 13.3. The van der Waals surface area contributed by atoms with Gasteiger partial charge in [0.05, 0.1) is 27.7 Å². The van der Waals surface area contributed by atoms with Crippen LogP contribution in [-0.2, 0) is 0 Å². The number of aliphatic hydroxyl groups excluding tert-OH is 1. The van der Waals surface area contributed by atoms with Gasteiger partial charge in [0.15, 0.2) is 0 Å². The fraction of sp³-hybridized carbons (Fsp3) is 0.417. The van der Waals surface area contributed by atoms with Crippen molar-refractivity contribution in [3.8, 4) is 5.75 Å².